The van der Waals surface area contributed by atoms with Gasteiger partial charge in [-0.15, -0.1) is 0 Å². The minimum atomic E-state index is -0.472. The highest BCUT2D eigenvalue weighted by Gasteiger charge is 2.12. The van der Waals surface area contributed by atoms with E-state index in [-0.39, 0.29) is 25.4 Å². The van der Waals surface area contributed by atoms with Crippen molar-refractivity contribution >= 4 is 23.2 Å². The average Bonchev–Trinajstić information content (AvgIpc) is 3.19. The van der Waals surface area contributed by atoms with Gasteiger partial charge in [0.05, 0.1) is 6.42 Å². The third kappa shape index (κ3) is 5.82. The summed E-state index contributed by atoms with van der Waals surface area (Å²) >= 11 is 1.54. The molecule has 0 atom stereocenters. The van der Waals surface area contributed by atoms with Crippen molar-refractivity contribution in [2.75, 3.05) is 13.2 Å². The first-order chi connectivity index (χ1) is 11.0. The van der Waals surface area contributed by atoms with Gasteiger partial charge in [-0.2, -0.15) is 16.3 Å². The van der Waals surface area contributed by atoms with Gasteiger partial charge in [-0.25, -0.2) is 0 Å². The first kappa shape index (κ1) is 17.1. The lowest BCUT2D eigenvalue weighted by molar-refractivity contribution is -0.148. The highest BCUT2D eigenvalue weighted by molar-refractivity contribution is 7.08. The van der Waals surface area contributed by atoms with E-state index in [0.29, 0.717) is 24.2 Å². The van der Waals surface area contributed by atoms with Gasteiger partial charge in [0.25, 0.3) is 5.91 Å². The SMILES string of the molecule is CC(C)CNC(=O)COC(=O)CCc1nc(-c2ccsc2)no1. The molecule has 23 heavy (non-hydrogen) atoms. The summed E-state index contributed by atoms with van der Waals surface area (Å²) in [6, 6.07) is 1.89. The molecule has 0 aromatic carbocycles. The molecule has 0 saturated carbocycles. The summed E-state index contributed by atoms with van der Waals surface area (Å²) in [5.41, 5.74) is 0.884. The summed E-state index contributed by atoms with van der Waals surface area (Å²) in [5, 5.41) is 10.4. The van der Waals surface area contributed by atoms with Crippen LogP contribution in [0.3, 0.4) is 0 Å². The van der Waals surface area contributed by atoms with Crippen LogP contribution in [0, 0.1) is 5.92 Å². The van der Waals surface area contributed by atoms with Gasteiger partial charge in [0, 0.05) is 23.9 Å². The number of rotatable bonds is 8. The van der Waals surface area contributed by atoms with Gasteiger partial charge in [0.1, 0.15) is 0 Å². The third-order valence-corrected chi connectivity index (χ3v) is 3.55. The predicted molar refractivity (Wildman–Crippen MR) is 84.7 cm³/mol. The highest BCUT2D eigenvalue weighted by atomic mass is 32.1. The average molecular weight is 337 g/mol. The summed E-state index contributed by atoms with van der Waals surface area (Å²) in [6.45, 7) is 4.27. The Bertz CT molecular complexity index is 637. The maximum atomic E-state index is 11.6. The number of ether oxygens (including phenoxy) is 1. The molecule has 0 aliphatic heterocycles. The summed E-state index contributed by atoms with van der Waals surface area (Å²) in [5.74, 6) is 0.448. The van der Waals surface area contributed by atoms with E-state index in [9.17, 15) is 9.59 Å². The zero-order valence-electron chi connectivity index (χ0n) is 13.1. The topological polar surface area (TPSA) is 94.3 Å². The van der Waals surface area contributed by atoms with Gasteiger partial charge in [0.2, 0.25) is 11.7 Å². The van der Waals surface area contributed by atoms with Crippen LogP contribution >= 0.6 is 11.3 Å². The lowest BCUT2D eigenvalue weighted by Gasteiger charge is -2.07. The molecule has 0 unspecified atom stereocenters. The molecule has 2 aromatic rings. The lowest BCUT2D eigenvalue weighted by atomic mass is 10.2. The number of aromatic nitrogens is 2. The van der Waals surface area contributed by atoms with Crippen LogP contribution in [0.25, 0.3) is 11.4 Å². The Morgan fingerprint density at radius 2 is 2.26 bits per heavy atom. The van der Waals surface area contributed by atoms with Crippen LogP contribution < -0.4 is 5.32 Å². The van der Waals surface area contributed by atoms with Crippen molar-refractivity contribution in [3.8, 4) is 11.4 Å². The molecule has 0 saturated heterocycles. The van der Waals surface area contributed by atoms with E-state index in [2.05, 4.69) is 15.5 Å². The fraction of sp³-hybridized carbons (Fsp3) is 0.467. The fourth-order valence-electron chi connectivity index (χ4n) is 1.66. The molecule has 0 aliphatic rings. The number of hydrogen-bond donors (Lipinski definition) is 1. The molecule has 1 amide bonds. The van der Waals surface area contributed by atoms with Crippen LogP contribution in [0.5, 0.6) is 0 Å². The second-order valence-corrected chi connectivity index (χ2v) is 6.16. The van der Waals surface area contributed by atoms with Crippen molar-refractivity contribution in [2.24, 2.45) is 5.92 Å². The summed E-state index contributed by atoms with van der Waals surface area (Å²) < 4.78 is 9.98. The molecular weight excluding hydrogens is 318 g/mol. The monoisotopic (exact) mass is 337 g/mol. The minimum Gasteiger partial charge on any atom is -0.456 e. The molecule has 0 radical (unpaired) electrons. The van der Waals surface area contributed by atoms with E-state index in [4.69, 9.17) is 9.26 Å². The van der Waals surface area contributed by atoms with E-state index in [1.165, 1.54) is 0 Å². The molecule has 2 heterocycles. The Kier molecular flexibility index (Phi) is 6.28. The molecule has 0 bridgehead atoms. The van der Waals surface area contributed by atoms with Crippen molar-refractivity contribution in [3.05, 3.63) is 22.7 Å². The zero-order chi connectivity index (χ0) is 16.7. The van der Waals surface area contributed by atoms with Gasteiger partial charge < -0.3 is 14.6 Å². The number of aryl methyl sites for hydroxylation is 1. The summed E-state index contributed by atoms with van der Waals surface area (Å²) in [7, 11) is 0. The molecule has 0 aliphatic carbocycles. The molecule has 124 valence electrons. The molecule has 1 N–H and O–H groups in total. The van der Waals surface area contributed by atoms with Crippen molar-refractivity contribution in [2.45, 2.75) is 26.7 Å². The molecule has 0 fully saturated rings. The van der Waals surface area contributed by atoms with E-state index in [1.807, 2.05) is 30.7 Å². The minimum absolute atomic E-state index is 0.0860. The number of hydrogen-bond acceptors (Lipinski definition) is 7. The maximum absolute atomic E-state index is 11.6. The Morgan fingerprint density at radius 1 is 1.43 bits per heavy atom. The van der Waals surface area contributed by atoms with E-state index >= 15 is 0 Å². The first-order valence-corrected chi connectivity index (χ1v) is 8.26. The second kappa shape index (κ2) is 8.42. The summed E-state index contributed by atoms with van der Waals surface area (Å²) in [4.78, 5) is 27.2. The van der Waals surface area contributed by atoms with Crippen LogP contribution in [0.4, 0.5) is 0 Å². The van der Waals surface area contributed by atoms with Crippen molar-refractivity contribution < 1.29 is 18.8 Å². The standard InChI is InChI=1S/C15H19N3O4S/c1-10(2)7-16-12(19)8-21-14(20)4-3-13-17-15(18-22-13)11-5-6-23-9-11/h5-6,9-10H,3-4,7-8H2,1-2H3,(H,16,19). The van der Waals surface area contributed by atoms with E-state index in [0.717, 1.165) is 5.56 Å². The Hall–Kier alpha value is -2.22. The number of nitrogens with one attached hydrogen (secondary N) is 1. The van der Waals surface area contributed by atoms with Crippen LogP contribution in [0.15, 0.2) is 21.3 Å². The largest absolute Gasteiger partial charge is 0.456 e. The van der Waals surface area contributed by atoms with Gasteiger partial charge in [0.15, 0.2) is 6.61 Å². The predicted octanol–water partition coefficient (Wildman–Crippen LogP) is 2.05. The third-order valence-electron chi connectivity index (χ3n) is 2.86. The zero-order valence-corrected chi connectivity index (χ0v) is 13.9. The van der Waals surface area contributed by atoms with E-state index < -0.39 is 5.97 Å². The molecule has 2 rings (SSSR count). The van der Waals surface area contributed by atoms with Gasteiger partial charge >= 0.3 is 5.97 Å². The molecule has 8 heteroatoms. The number of thiophene rings is 1. The van der Waals surface area contributed by atoms with Gasteiger partial charge in [-0.05, 0) is 17.4 Å². The van der Waals surface area contributed by atoms with Crippen LogP contribution in [0.2, 0.25) is 0 Å². The maximum Gasteiger partial charge on any atom is 0.306 e. The first-order valence-electron chi connectivity index (χ1n) is 7.32. The Labute approximate surface area is 138 Å². The van der Waals surface area contributed by atoms with Crippen molar-refractivity contribution in [1.29, 1.82) is 0 Å². The van der Waals surface area contributed by atoms with Crippen molar-refractivity contribution in [1.82, 2.24) is 15.5 Å². The van der Waals surface area contributed by atoms with Crippen LogP contribution in [-0.2, 0) is 20.7 Å². The van der Waals surface area contributed by atoms with Gasteiger partial charge in [-0.1, -0.05) is 19.0 Å². The quantitative estimate of drug-likeness (QED) is 0.741. The number of amides is 1. The molecule has 2 aromatic heterocycles. The fourth-order valence-corrected chi connectivity index (χ4v) is 2.30. The van der Waals surface area contributed by atoms with Crippen molar-refractivity contribution in [3.63, 3.8) is 0 Å². The second-order valence-electron chi connectivity index (χ2n) is 5.38. The highest BCUT2D eigenvalue weighted by Crippen LogP contribution is 2.18. The molecule has 0 spiro atoms. The lowest BCUT2D eigenvalue weighted by Crippen LogP contribution is -2.31. The number of carbonyl (C=O) groups is 2. The number of nitrogens with zero attached hydrogens (tertiary/aromatic N) is 2. The molecular formula is C15H19N3O4S. The Balaban J connectivity index is 1.69. The van der Waals surface area contributed by atoms with E-state index in [1.54, 1.807) is 11.3 Å². The van der Waals surface area contributed by atoms with Crippen LogP contribution in [-0.4, -0.2) is 35.2 Å². The molecule has 7 nitrogen and oxygen atoms in total. The normalized spacial score (nSPS) is 10.7. The number of esters is 1. The van der Waals surface area contributed by atoms with Crippen LogP contribution in [0.1, 0.15) is 26.2 Å². The smallest absolute Gasteiger partial charge is 0.306 e. The number of carbonyl (C=O) groups excluding carboxylic acids is 2. The Morgan fingerprint density at radius 3 is 2.96 bits per heavy atom. The summed E-state index contributed by atoms with van der Waals surface area (Å²) in [6.07, 6.45) is 0.367. The van der Waals surface area contributed by atoms with Gasteiger partial charge in [-0.3, -0.25) is 9.59 Å².